The predicted molar refractivity (Wildman–Crippen MR) is 100 cm³/mol. The van der Waals surface area contributed by atoms with Gasteiger partial charge in [-0.3, -0.25) is 4.90 Å². The van der Waals surface area contributed by atoms with Crippen molar-refractivity contribution in [2.75, 3.05) is 32.6 Å². The maximum atomic E-state index is 14.5. The van der Waals surface area contributed by atoms with Gasteiger partial charge in [0, 0.05) is 21.1 Å². The first-order valence-corrected chi connectivity index (χ1v) is 8.01. The quantitative estimate of drug-likeness (QED) is 0.430. The largest absolute Gasteiger partial charge is 0.458 e. The van der Waals surface area contributed by atoms with Gasteiger partial charge in [0.1, 0.15) is 12.4 Å². The number of benzene rings is 1. The first-order valence-electron chi connectivity index (χ1n) is 7.16. The highest BCUT2D eigenvalue weighted by atomic mass is 35.5. The number of nitrogens with zero attached hydrogens (tertiary/aromatic N) is 3. The molecular formula is C16H17ClFN3O4S. The number of anilines is 1. The summed E-state index contributed by atoms with van der Waals surface area (Å²) in [5.41, 5.74) is 0.317. The zero-order valence-electron chi connectivity index (χ0n) is 14.4. The monoisotopic (exact) mass is 401 g/mol. The number of rotatable bonds is 5. The van der Waals surface area contributed by atoms with Crippen LogP contribution in [-0.4, -0.2) is 61.1 Å². The summed E-state index contributed by atoms with van der Waals surface area (Å²) in [6.07, 6.45) is 1.34. The molecule has 0 unspecified atom stereocenters. The first kappa shape index (κ1) is 21.5. The van der Waals surface area contributed by atoms with Gasteiger partial charge in [0.2, 0.25) is 0 Å². The first-order chi connectivity index (χ1) is 12.1. The fourth-order valence-electron chi connectivity index (χ4n) is 1.77. The molecule has 0 saturated heterocycles. The van der Waals surface area contributed by atoms with E-state index in [-0.39, 0.29) is 17.2 Å². The van der Waals surface area contributed by atoms with Crippen LogP contribution in [0.3, 0.4) is 0 Å². The van der Waals surface area contributed by atoms with E-state index in [1.807, 2.05) is 0 Å². The van der Waals surface area contributed by atoms with Crippen LogP contribution in [0.25, 0.3) is 0 Å². The molecule has 0 atom stereocenters. The van der Waals surface area contributed by atoms with Crippen LogP contribution >= 0.6 is 23.8 Å². The molecule has 0 spiro atoms. The maximum Gasteiger partial charge on any atom is 0.340 e. The lowest BCUT2D eigenvalue weighted by molar-refractivity contribution is 0.0550. The van der Waals surface area contributed by atoms with Crippen LogP contribution in [0.1, 0.15) is 10.4 Å². The molecule has 0 saturated carbocycles. The Kier molecular flexibility index (Phi) is 7.66. The highest BCUT2D eigenvalue weighted by Crippen LogP contribution is 2.29. The normalized spacial score (nSPS) is 9.88. The molecule has 0 aliphatic rings. The Morgan fingerprint density at radius 1 is 1.27 bits per heavy atom. The summed E-state index contributed by atoms with van der Waals surface area (Å²) < 4.78 is 19.3. The number of carbonyl (C=O) groups excluding carboxylic acids is 3. The average molecular weight is 402 g/mol. The molecule has 26 heavy (non-hydrogen) atoms. The second kappa shape index (κ2) is 9.25. The van der Waals surface area contributed by atoms with Gasteiger partial charge < -0.3 is 9.64 Å². The topological polar surface area (TPSA) is 70.2 Å². The molecule has 0 radical (unpaired) electrons. The van der Waals surface area contributed by atoms with Crippen molar-refractivity contribution in [1.82, 2.24) is 9.80 Å². The summed E-state index contributed by atoms with van der Waals surface area (Å²) in [7, 11) is 4.07. The lowest BCUT2D eigenvalue weighted by Gasteiger charge is -2.27. The minimum Gasteiger partial charge on any atom is -0.458 e. The third kappa shape index (κ3) is 4.77. The average Bonchev–Trinajstić information content (AvgIpc) is 2.60. The van der Waals surface area contributed by atoms with E-state index in [2.05, 4.69) is 18.8 Å². The van der Waals surface area contributed by atoms with E-state index in [9.17, 15) is 18.8 Å². The van der Waals surface area contributed by atoms with Crippen molar-refractivity contribution < 1.29 is 23.5 Å². The SMILES string of the molecule is C=CCOC(=O)c1cc(N(C(=O)N(C)C)C(=O)N(C)C=S)c(F)cc1Cl. The highest BCUT2D eigenvalue weighted by molar-refractivity contribution is 7.78. The van der Waals surface area contributed by atoms with Crippen molar-refractivity contribution in [3.05, 3.63) is 41.2 Å². The van der Waals surface area contributed by atoms with Crippen molar-refractivity contribution in [2.24, 2.45) is 0 Å². The van der Waals surface area contributed by atoms with E-state index in [0.29, 0.717) is 4.90 Å². The van der Waals surface area contributed by atoms with Gasteiger partial charge in [-0.1, -0.05) is 36.5 Å². The molecule has 1 aromatic rings. The Morgan fingerprint density at radius 3 is 2.38 bits per heavy atom. The molecule has 140 valence electrons. The number of carbonyl (C=O) groups is 3. The van der Waals surface area contributed by atoms with E-state index < -0.39 is 29.5 Å². The number of imide groups is 1. The van der Waals surface area contributed by atoms with Gasteiger partial charge in [0.25, 0.3) is 0 Å². The second-order valence-electron chi connectivity index (χ2n) is 5.18. The summed E-state index contributed by atoms with van der Waals surface area (Å²) >= 11 is 10.6. The number of halogens is 2. The Morgan fingerprint density at radius 2 is 1.88 bits per heavy atom. The van der Waals surface area contributed by atoms with Crippen molar-refractivity contribution in [3.63, 3.8) is 0 Å². The zero-order chi connectivity index (χ0) is 20.0. The third-order valence-corrected chi connectivity index (χ3v) is 3.68. The fraction of sp³-hybridized carbons (Fsp3) is 0.250. The summed E-state index contributed by atoms with van der Waals surface area (Å²) in [5.74, 6) is -1.83. The second-order valence-corrected chi connectivity index (χ2v) is 5.80. The van der Waals surface area contributed by atoms with E-state index in [4.69, 9.17) is 16.3 Å². The molecular weight excluding hydrogens is 385 g/mol. The van der Waals surface area contributed by atoms with Crippen LogP contribution < -0.4 is 4.90 Å². The van der Waals surface area contributed by atoms with Gasteiger partial charge in [-0.2, -0.15) is 0 Å². The summed E-state index contributed by atoms with van der Waals surface area (Å²) in [4.78, 5) is 39.5. The van der Waals surface area contributed by atoms with Crippen LogP contribution in [0.4, 0.5) is 19.7 Å². The lowest BCUT2D eigenvalue weighted by atomic mass is 10.1. The fourth-order valence-corrected chi connectivity index (χ4v) is 2.09. The molecule has 1 rings (SSSR count). The number of hydrogen-bond acceptors (Lipinski definition) is 5. The van der Waals surface area contributed by atoms with E-state index in [1.165, 1.54) is 27.2 Å². The van der Waals surface area contributed by atoms with Crippen molar-refractivity contribution in [2.45, 2.75) is 0 Å². The number of esters is 1. The van der Waals surface area contributed by atoms with Crippen molar-refractivity contribution in [3.8, 4) is 0 Å². The minimum atomic E-state index is -0.975. The van der Waals surface area contributed by atoms with Crippen LogP contribution in [0.5, 0.6) is 0 Å². The molecule has 0 bridgehead atoms. The van der Waals surface area contributed by atoms with Gasteiger partial charge in [-0.15, -0.1) is 0 Å². The predicted octanol–water partition coefficient (Wildman–Crippen LogP) is 3.32. The van der Waals surface area contributed by atoms with Gasteiger partial charge in [-0.05, 0) is 12.1 Å². The van der Waals surface area contributed by atoms with Gasteiger partial charge in [0.15, 0.2) is 0 Å². The molecule has 0 aliphatic carbocycles. The third-order valence-electron chi connectivity index (χ3n) is 3.05. The zero-order valence-corrected chi connectivity index (χ0v) is 15.9. The standard InChI is InChI=1S/C16H17ClFN3O4S/c1-5-6-25-14(22)10-7-13(12(18)8-11(10)17)21(15(23)19(2)3)16(24)20(4)9-26/h5,7-9H,1,6H2,2-4H3. The molecule has 0 aromatic heterocycles. The summed E-state index contributed by atoms with van der Waals surface area (Å²) in [6, 6.07) is 0.0393. The van der Waals surface area contributed by atoms with E-state index in [1.54, 1.807) is 0 Å². The van der Waals surface area contributed by atoms with Crippen molar-refractivity contribution in [1.29, 1.82) is 0 Å². The Balaban J connectivity index is 3.52. The Hall–Kier alpha value is -2.52. The molecule has 4 amide bonds. The summed E-state index contributed by atoms with van der Waals surface area (Å²) in [6.45, 7) is 3.32. The number of hydrogen-bond donors (Lipinski definition) is 0. The molecule has 10 heteroatoms. The van der Waals surface area contributed by atoms with Crippen LogP contribution in [0.2, 0.25) is 5.02 Å². The van der Waals surface area contributed by atoms with Crippen LogP contribution in [-0.2, 0) is 4.74 Å². The van der Waals surface area contributed by atoms with Crippen LogP contribution in [0, 0.1) is 5.82 Å². The van der Waals surface area contributed by atoms with E-state index >= 15 is 0 Å². The van der Waals surface area contributed by atoms with Gasteiger partial charge in [-0.25, -0.2) is 23.7 Å². The number of urea groups is 2. The number of ether oxygens (including phenoxy) is 1. The van der Waals surface area contributed by atoms with Crippen LogP contribution in [0.15, 0.2) is 24.8 Å². The smallest absolute Gasteiger partial charge is 0.340 e. The summed E-state index contributed by atoms with van der Waals surface area (Å²) in [5, 5.41) is -0.229. The number of thiocarbonyl (C=S) groups is 1. The molecule has 7 nitrogen and oxygen atoms in total. The Labute approximate surface area is 160 Å². The van der Waals surface area contributed by atoms with E-state index in [0.717, 1.165) is 27.4 Å². The molecule has 0 fully saturated rings. The molecule has 1 aromatic carbocycles. The highest BCUT2D eigenvalue weighted by Gasteiger charge is 2.31. The van der Waals surface area contributed by atoms with Gasteiger partial charge >= 0.3 is 18.0 Å². The Bertz CT molecular complexity index is 757. The lowest BCUT2D eigenvalue weighted by Crippen LogP contribution is -2.48. The minimum absolute atomic E-state index is 0.0885. The van der Waals surface area contributed by atoms with Gasteiger partial charge in [0.05, 0.1) is 21.8 Å². The number of amides is 4. The maximum absolute atomic E-state index is 14.5. The van der Waals surface area contributed by atoms with Crippen molar-refractivity contribution >= 4 is 53.0 Å². The molecule has 0 N–H and O–H groups in total. The molecule has 0 heterocycles. The molecule has 0 aliphatic heterocycles.